The van der Waals surface area contributed by atoms with Crippen molar-refractivity contribution in [2.24, 2.45) is 11.1 Å². The summed E-state index contributed by atoms with van der Waals surface area (Å²) in [5, 5.41) is 0. The lowest BCUT2D eigenvalue weighted by molar-refractivity contribution is 0.280. The van der Waals surface area contributed by atoms with E-state index >= 15 is 0 Å². The first kappa shape index (κ1) is 13.5. The van der Waals surface area contributed by atoms with Crippen molar-refractivity contribution in [3.8, 4) is 0 Å². The zero-order valence-electron chi connectivity index (χ0n) is 9.33. The highest BCUT2D eigenvalue weighted by atomic mass is 35.5. The van der Waals surface area contributed by atoms with Crippen LogP contribution in [0, 0.1) is 5.41 Å². The van der Waals surface area contributed by atoms with E-state index in [1.54, 1.807) is 0 Å². The van der Waals surface area contributed by atoms with Crippen LogP contribution in [0.2, 0.25) is 0 Å². The summed E-state index contributed by atoms with van der Waals surface area (Å²) in [5.74, 6) is 1.90. The Morgan fingerprint density at radius 1 is 1.36 bits per heavy atom. The minimum absolute atomic E-state index is 0. The fourth-order valence-corrected chi connectivity index (χ4v) is 1.18. The van der Waals surface area contributed by atoms with Gasteiger partial charge in [-0.05, 0) is 17.5 Å². The van der Waals surface area contributed by atoms with Crippen molar-refractivity contribution in [2.45, 2.75) is 40.2 Å². The van der Waals surface area contributed by atoms with Gasteiger partial charge in [0.1, 0.15) is 11.5 Å². The number of hydrogen-bond acceptors (Lipinski definition) is 2. The number of furan rings is 1. The molecule has 0 aliphatic rings. The van der Waals surface area contributed by atoms with Crippen LogP contribution in [-0.2, 0) is 6.42 Å². The number of hydrogen-bond donors (Lipinski definition) is 1. The smallest absolute Gasteiger partial charge is 0.121 e. The van der Waals surface area contributed by atoms with Gasteiger partial charge in [-0.25, -0.2) is 0 Å². The molecular weight excluding hydrogens is 198 g/mol. The lowest BCUT2D eigenvalue weighted by Gasteiger charge is -2.24. The van der Waals surface area contributed by atoms with Gasteiger partial charge >= 0.3 is 0 Å². The molecule has 0 aromatic carbocycles. The lowest BCUT2D eigenvalue weighted by Crippen LogP contribution is -2.25. The molecule has 1 heterocycles. The van der Waals surface area contributed by atoms with Crippen LogP contribution in [0.5, 0.6) is 0 Å². The molecule has 0 aliphatic carbocycles. The molecule has 3 heteroatoms. The molecule has 0 saturated carbocycles. The van der Waals surface area contributed by atoms with Gasteiger partial charge in [-0.2, -0.15) is 0 Å². The largest absolute Gasteiger partial charge is 0.464 e. The van der Waals surface area contributed by atoms with Crippen LogP contribution in [0.25, 0.3) is 0 Å². The Hall–Kier alpha value is -0.470. The summed E-state index contributed by atoms with van der Waals surface area (Å²) in [6.45, 7) is 8.43. The van der Waals surface area contributed by atoms with Gasteiger partial charge in [0.25, 0.3) is 0 Å². The molecule has 0 amide bonds. The van der Waals surface area contributed by atoms with Crippen molar-refractivity contribution >= 4 is 12.4 Å². The van der Waals surface area contributed by atoms with Gasteiger partial charge < -0.3 is 10.2 Å². The highest BCUT2D eigenvalue weighted by molar-refractivity contribution is 5.85. The highest BCUT2D eigenvalue weighted by Crippen LogP contribution is 2.31. The first-order valence-corrected chi connectivity index (χ1v) is 4.79. The summed E-state index contributed by atoms with van der Waals surface area (Å²) < 4.78 is 5.60. The number of halogens is 1. The van der Waals surface area contributed by atoms with Crippen LogP contribution in [0.1, 0.15) is 45.3 Å². The standard InChI is InChI=1S/C11H19NO.ClH/c1-5-8-6-7-9(13-8)10(12)11(2,3)4;/h6-7,10H,5,12H2,1-4H3;1H/t10-;/m0./s1. The predicted octanol–water partition coefficient (Wildman–Crippen LogP) is 3.31. The van der Waals surface area contributed by atoms with Crippen LogP contribution >= 0.6 is 12.4 Å². The molecule has 1 rings (SSSR count). The van der Waals surface area contributed by atoms with E-state index in [9.17, 15) is 0 Å². The van der Waals surface area contributed by atoms with Crippen molar-refractivity contribution < 1.29 is 4.42 Å². The average Bonchev–Trinajstić information content (AvgIpc) is 2.48. The van der Waals surface area contributed by atoms with Gasteiger partial charge in [-0.15, -0.1) is 12.4 Å². The van der Waals surface area contributed by atoms with Gasteiger partial charge in [-0.1, -0.05) is 27.7 Å². The van der Waals surface area contributed by atoms with Crippen LogP contribution in [0.4, 0.5) is 0 Å². The third-order valence-electron chi connectivity index (χ3n) is 2.27. The topological polar surface area (TPSA) is 39.2 Å². The van der Waals surface area contributed by atoms with Gasteiger partial charge in [0, 0.05) is 6.42 Å². The zero-order chi connectivity index (χ0) is 10.1. The minimum atomic E-state index is -0.0206. The molecule has 14 heavy (non-hydrogen) atoms. The normalized spacial score (nSPS) is 13.5. The van der Waals surface area contributed by atoms with E-state index in [0.717, 1.165) is 17.9 Å². The van der Waals surface area contributed by atoms with Crippen molar-refractivity contribution in [1.82, 2.24) is 0 Å². The molecule has 2 nitrogen and oxygen atoms in total. The molecule has 0 saturated heterocycles. The van der Waals surface area contributed by atoms with Crippen molar-refractivity contribution in [3.05, 3.63) is 23.7 Å². The number of rotatable bonds is 2. The maximum atomic E-state index is 6.05. The molecule has 0 bridgehead atoms. The summed E-state index contributed by atoms with van der Waals surface area (Å²) in [6.07, 6.45) is 0.927. The average molecular weight is 218 g/mol. The highest BCUT2D eigenvalue weighted by Gasteiger charge is 2.24. The van der Waals surface area contributed by atoms with Crippen molar-refractivity contribution in [3.63, 3.8) is 0 Å². The van der Waals surface area contributed by atoms with Crippen LogP contribution in [0.3, 0.4) is 0 Å². The summed E-state index contributed by atoms with van der Waals surface area (Å²) in [7, 11) is 0. The third-order valence-corrected chi connectivity index (χ3v) is 2.27. The van der Waals surface area contributed by atoms with Crippen molar-refractivity contribution in [1.29, 1.82) is 0 Å². The van der Waals surface area contributed by atoms with Gasteiger partial charge in [0.15, 0.2) is 0 Å². The van der Waals surface area contributed by atoms with E-state index in [2.05, 4.69) is 27.7 Å². The van der Waals surface area contributed by atoms with Gasteiger partial charge in [0.05, 0.1) is 6.04 Å². The Morgan fingerprint density at radius 3 is 2.29 bits per heavy atom. The van der Waals surface area contributed by atoms with E-state index in [1.165, 1.54) is 0 Å². The SMILES string of the molecule is CCc1ccc([C@H](N)C(C)(C)C)o1.Cl. The lowest BCUT2D eigenvalue weighted by atomic mass is 9.86. The van der Waals surface area contributed by atoms with E-state index in [4.69, 9.17) is 10.2 Å². The second kappa shape index (κ2) is 4.85. The van der Waals surface area contributed by atoms with Gasteiger partial charge in [0.2, 0.25) is 0 Å². The summed E-state index contributed by atoms with van der Waals surface area (Å²) in [6, 6.07) is 3.96. The summed E-state index contributed by atoms with van der Waals surface area (Å²) in [4.78, 5) is 0. The Kier molecular flexibility index (Phi) is 4.69. The first-order valence-electron chi connectivity index (χ1n) is 4.79. The van der Waals surface area contributed by atoms with Crippen molar-refractivity contribution in [2.75, 3.05) is 0 Å². The molecule has 0 radical (unpaired) electrons. The Balaban J connectivity index is 0.00000169. The molecular formula is C11H20ClNO. The Bertz CT molecular complexity index is 275. The van der Waals surface area contributed by atoms with Crippen LogP contribution in [0.15, 0.2) is 16.5 Å². The molecule has 0 aliphatic heterocycles. The van der Waals surface area contributed by atoms with Crippen LogP contribution in [-0.4, -0.2) is 0 Å². The molecule has 1 atom stereocenters. The second-order valence-corrected chi connectivity index (χ2v) is 4.50. The zero-order valence-corrected chi connectivity index (χ0v) is 10.1. The van der Waals surface area contributed by atoms with E-state index < -0.39 is 0 Å². The molecule has 1 aromatic rings. The third kappa shape index (κ3) is 3.03. The fourth-order valence-electron chi connectivity index (χ4n) is 1.18. The molecule has 2 N–H and O–H groups in total. The van der Waals surface area contributed by atoms with E-state index in [0.29, 0.717) is 0 Å². The van der Waals surface area contributed by atoms with E-state index in [-0.39, 0.29) is 23.9 Å². The molecule has 0 unspecified atom stereocenters. The quantitative estimate of drug-likeness (QED) is 0.826. The predicted molar refractivity (Wildman–Crippen MR) is 61.7 cm³/mol. The van der Waals surface area contributed by atoms with Gasteiger partial charge in [-0.3, -0.25) is 0 Å². The van der Waals surface area contributed by atoms with E-state index in [1.807, 2.05) is 12.1 Å². The maximum Gasteiger partial charge on any atom is 0.121 e. The number of aryl methyl sites for hydroxylation is 1. The fraction of sp³-hybridized carbons (Fsp3) is 0.636. The molecule has 0 spiro atoms. The number of nitrogens with two attached hydrogens (primary N) is 1. The minimum Gasteiger partial charge on any atom is -0.464 e. The summed E-state index contributed by atoms with van der Waals surface area (Å²) in [5.41, 5.74) is 6.10. The maximum absolute atomic E-state index is 6.05. The summed E-state index contributed by atoms with van der Waals surface area (Å²) >= 11 is 0. The second-order valence-electron chi connectivity index (χ2n) is 4.50. The monoisotopic (exact) mass is 217 g/mol. The Morgan fingerprint density at radius 2 is 1.93 bits per heavy atom. The molecule has 0 fully saturated rings. The Labute approximate surface area is 92.3 Å². The van der Waals surface area contributed by atoms with Crippen LogP contribution < -0.4 is 5.73 Å². The first-order chi connectivity index (χ1) is 5.95. The molecule has 82 valence electrons. The molecule has 1 aromatic heterocycles.